The predicted molar refractivity (Wildman–Crippen MR) is 95.6 cm³/mol. The largest absolute Gasteiger partial charge is 0.502 e. The van der Waals surface area contributed by atoms with Crippen LogP contribution >= 0.6 is 0 Å². The third kappa shape index (κ3) is 3.75. The molecule has 0 spiro atoms. The van der Waals surface area contributed by atoms with Crippen LogP contribution in [0.4, 0.5) is 10.1 Å². The number of aromatic amines is 1. The second-order valence-corrected chi connectivity index (χ2v) is 6.03. The lowest BCUT2D eigenvalue weighted by molar-refractivity contribution is -0.385. The molecule has 28 heavy (non-hydrogen) atoms. The molecule has 3 aromatic rings. The zero-order valence-electron chi connectivity index (χ0n) is 14.2. The van der Waals surface area contributed by atoms with Crippen LogP contribution in [0.25, 0.3) is 10.9 Å². The molecule has 9 nitrogen and oxygen atoms in total. The predicted octanol–water partition coefficient (Wildman–Crippen LogP) is 2.35. The van der Waals surface area contributed by atoms with Crippen molar-refractivity contribution in [2.45, 2.75) is 12.5 Å². The number of hydrogen-bond acceptors (Lipinski definition) is 5. The van der Waals surface area contributed by atoms with Crippen LogP contribution in [0.5, 0.6) is 5.75 Å². The SMILES string of the molecule is O=C(N[C@@H](Cc1ccc(O)c([N+](=O)[O-])c1)C(=O)O)c1cc2c(F)cccc2[nH]1. The average Bonchev–Trinajstić information content (AvgIpc) is 3.08. The monoisotopic (exact) mass is 387 g/mol. The smallest absolute Gasteiger partial charge is 0.326 e. The van der Waals surface area contributed by atoms with E-state index in [4.69, 9.17) is 0 Å². The van der Waals surface area contributed by atoms with E-state index >= 15 is 0 Å². The highest BCUT2D eigenvalue weighted by Gasteiger charge is 2.24. The van der Waals surface area contributed by atoms with Crippen molar-refractivity contribution in [3.8, 4) is 5.75 Å². The Morgan fingerprint density at radius 2 is 2.00 bits per heavy atom. The Balaban J connectivity index is 1.82. The highest BCUT2D eigenvalue weighted by molar-refractivity contribution is 5.99. The summed E-state index contributed by atoms with van der Waals surface area (Å²) < 4.78 is 13.8. The molecule has 0 fully saturated rings. The summed E-state index contributed by atoms with van der Waals surface area (Å²) in [4.78, 5) is 36.7. The Morgan fingerprint density at radius 1 is 1.25 bits per heavy atom. The second-order valence-electron chi connectivity index (χ2n) is 6.03. The third-order valence-electron chi connectivity index (χ3n) is 4.14. The average molecular weight is 387 g/mol. The molecule has 144 valence electrons. The summed E-state index contributed by atoms with van der Waals surface area (Å²) in [6.45, 7) is 0. The molecule has 0 aliphatic carbocycles. The van der Waals surface area contributed by atoms with Gasteiger partial charge in [0.2, 0.25) is 0 Å². The molecule has 0 aliphatic heterocycles. The van der Waals surface area contributed by atoms with Gasteiger partial charge < -0.3 is 20.5 Å². The molecule has 0 unspecified atom stereocenters. The van der Waals surface area contributed by atoms with Gasteiger partial charge in [-0.15, -0.1) is 0 Å². The number of amides is 1. The summed E-state index contributed by atoms with van der Waals surface area (Å²) in [6.07, 6.45) is -0.253. The number of nitrogens with zero attached hydrogens (tertiary/aromatic N) is 1. The molecule has 2 aromatic carbocycles. The molecular weight excluding hydrogens is 373 g/mol. The van der Waals surface area contributed by atoms with Gasteiger partial charge >= 0.3 is 11.7 Å². The minimum atomic E-state index is -1.40. The first-order valence-corrected chi connectivity index (χ1v) is 8.03. The molecule has 3 rings (SSSR count). The molecular formula is C18H14FN3O6. The van der Waals surface area contributed by atoms with Crippen molar-refractivity contribution in [2.75, 3.05) is 0 Å². The minimum absolute atomic E-state index is 0.0250. The summed E-state index contributed by atoms with van der Waals surface area (Å²) in [5.74, 6) is -3.20. The Hall–Kier alpha value is -3.95. The number of nitrogens with one attached hydrogen (secondary N) is 2. The summed E-state index contributed by atoms with van der Waals surface area (Å²) in [7, 11) is 0. The van der Waals surface area contributed by atoms with Crippen molar-refractivity contribution in [1.29, 1.82) is 0 Å². The topological polar surface area (TPSA) is 146 Å². The third-order valence-corrected chi connectivity index (χ3v) is 4.14. The van der Waals surface area contributed by atoms with E-state index in [2.05, 4.69) is 10.3 Å². The van der Waals surface area contributed by atoms with Crippen molar-refractivity contribution in [2.24, 2.45) is 0 Å². The molecule has 0 saturated heterocycles. The molecule has 1 amide bonds. The lowest BCUT2D eigenvalue weighted by Gasteiger charge is -2.14. The summed E-state index contributed by atoms with van der Waals surface area (Å²) in [6, 6.07) is 7.58. The minimum Gasteiger partial charge on any atom is -0.502 e. The zero-order chi connectivity index (χ0) is 20.4. The first-order chi connectivity index (χ1) is 13.3. The van der Waals surface area contributed by atoms with E-state index < -0.39 is 40.1 Å². The molecule has 4 N–H and O–H groups in total. The number of fused-ring (bicyclic) bond motifs is 1. The number of nitro benzene ring substituents is 1. The van der Waals surface area contributed by atoms with Gasteiger partial charge in [-0.25, -0.2) is 9.18 Å². The van der Waals surface area contributed by atoms with Crippen molar-refractivity contribution in [3.05, 3.63) is 69.7 Å². The van der Waals surface area contributed by atoms with E-state index in [1.165, 1.54) is 24.3 Å². The van der Waals surface area contributed by atoms with E-state index in [0.29, 0.717) is 5.52 Å². The van der Waals surface area contributed by atoms with Gasteiger partial charge in [0.1, 0.15) is 17.6 Å². The fourth-order valence-electron chi connectivity index (χ4n) is 2.75. The lowest BCUT2D eigenvalue weighted by atomic mass is 10.0. The molecule has 0 bridgehead atoms. The number of carboxylic acids is 1. The fourth-order valence-corrected chi connectivity index (χ4v) is 2.75. The normalized spacial score (nSPS) is 11.9. The fraction of sp³-hybridized carbons (Fsp3) is 0.111. The molecule has 1 atom stereocenters. The first kappa shape index (κ1) is 18.8. The highest BCUT2D eigenvalue weighted by Crippen LogP contribution is 2.27. The maximum Gasteiger partial charge on any atom is 0.326 e. The van der Waals surface area contributed by atoms with Gasteiger partial charge in [0.25, 0.3) is 5.91 Å². The van der Waals surface area contributed by atoms with E-state index in [0.717, 1.165) is 12.1 Å². The molecule has 0 saturated carbocycles. The highest BCUT2D eigenvalue weighted by atomic mass is 19.1. The maximum atomic E-state index is 13.8. The van der Waals surface area contributed by atoms with E-state index in [1.54, 1.807) is 6.07 Å². The molecule has 1 heterocycles. The number of aromatic hydroxyl groups is 1. The van der Waals surface area contributed by atoms with E-state index in [1.807, 2.05) is 0 Å². The van der Waals surface area contributed by atoms with Crippen LogP contribution < -0.4 is 5.32 Å². The van der Waals surface area contributed by atoms with Gasteiger partial charge in [0.15, 0.2) is 5.75 Å². The van der Waals surface area contributed by atoms with Crippen LogP contribution in [-0.2, 0) is 11.2 Å². The van der Waals surface area contributed by atoms with Crippen molar-refractivity contribution in [3.63, 3.8) is 0 Å². The zero-order valence-corrected chi connectivity index (χ0v) is 14.2. The Morgan fingerprint density at radius 3 is 2.64 bits per heavy atom. The number of aromatic nitrogens is 1. The van der Waals surface area contributed by atoms with Gasteiger partial charge in [-0.3, -0.25) is 14.9 Å². The van der Waals surface area contributed by atoms with Gasteiger partial charge in [0.05, 0.1) is 4.92 Å². The van der Waals surface area contributed by atoms with Gasteiger partial charge in [-0.2, -0.15) is 0 Å². The number of phenols is 1. The van der Waals surface area contributed by atoms with Crippen LogP contribution in [0.15, 0.2) is 42.5 Å². The maximum absolute atomic E-state index is 13.8. The van der Waals surface area contributed by atoms with Gasteiger partial charge in [0, 0.05) is 23.4 Å². The number of aliphatic carboxylic acids is 1. The number of nitro groups is 1. The van der Waals surface area contributed by atoms with Crippen molar-refractivity contribution in [1.82, 2.24) is 10.3 Å². The summed E-state index contributed by atoms with van der Waals surface area (Å²) in [5, 5.41) is 32.2. The number of phenolic OH excluding ortho intramolecular Hbond substituents is 1. The Kier molecular flexibility index (Phi) is 4.94. The number of rotatable bonds is 6. The molecule has 1 aromatic heterocycles. The number of carbonyl (C=O) groups excluding carboxylic acids is 1. The van der Waals surface area contributed by atoms with Crippen molar-refractivity contribution >= 4 is 28.5 Å². The van der Waals surface area contributed by atoms with Crippen LogP contribution in [0.3, 0.4) is 0 Å². The van der Waals surface area contributed by atoms with E-state index in [-0.39, 0.29) is 23.1 Å². The number of halogens is 1. The standard InChI is InChI=1S/C18H14FN3O6/c19-11-2-1-3-12-10(11)8-13(20-12)17(24)21-14(18(25)26)6-9-4-5-16(23)15(7-9)22(27)28/h1-5,7-8,14,20,23H,6H2,(H,21,24)(H,25,26)/t14-/m0/s1. The quantitative estimate of drug-likeness (QED) is 0.377. The number of carboxylic acid groups (broad SMARTS) is 1. The van der Waals surface area contributed by atoms with Gasteiger partial charge in [-0.1, -0.05) is 12.1 Å². The molecule has 0 radical (unpaired) electrons. The Bertz CT molecular complexity index is 1090. The van der Waals surface area contributed by atoms with Gasteiger partial charge in [-0.05, 0) is 29.8 Å². The van der Waals surface area contributed by atoms with E-state index in [9.17, 15) is 34.3 Å². The lowest BCUT2D eigenvalue weighted by Crippen LogP contribution is -2.42. The number of benzene rings is 2. The van der Waals surface area contributed by atoms with Crippen LogP contribution in [-0.4, -0.2) is 38.0 Å². The summed E-state index contributed by atoms with van der Waals surface area (Å²) in [5.41, 5.74) is 0.0215. The first-order valence-electron chi connectivity index (χ1n) is 8.03. The van der Waals surface area contributed by atoms with Crippen LogP contribution in [0.2, 0.25) is 0 Å². The number of carbonyl (C=O) groups is 2. The molecule has 0 aliphatic rings. The Labute approximate surface area is 156 Å². The number of H-pyrrole nitrogens is 1. The second kappa shape index (κ2) is 7.35. The molecule has 10 heteroatoms. The van der Waals surface area contributed by atoms with Crippen LogP contribution in [0, 0.1) is 15.9 Å². The van der Waals surface area contributed by atoms with Crippen molar-refractivity contribution < 1.29 is 29.1 Å². The van der Waals surface area contributed by atoms with Crippen LogP contribution in [0.1, 0.15) is 16.1 Å². The number of hydrogen-bond donors (Lipinski definition) is 4. The summed E-state index contributed by atoms with van der Waals surface area (Å²) >= 11 is 0.